The Labute approximate surface area is 108 Å². The lowest BCUT2D eigenvalue weighted by atomic mass is 10.2. The summed E-state index contributed by atoms with van der Waals surface area (Å²) in [6.45, 7) is 6.33. The highest BCUT2D eigenvalue weighted by Crippen LogP contribution is 2.33. The van der Waals surface area contributed by atoms with Crippen molar-refractivity contribution in [1.82, 2.24) is 20.4 Å². The minimum absolute atomic E-state index is 0.629. The molecule has 0 spiro atoms. The second kappa shape index (κ2) is 4.97. The molecule has 2 heterocycles. The molecule has 0 bridgehead atoms. The van der Waals surface area contributed by atoms with Crippen LogP contribution in [-0.4, -0.2) is 46.3 Å². The van der Waals surface area contributed by atoms with Gasteiger partial charge in [0.05, 0.1) is 0 Å². The summed E-state index contributed by atoms with van der Waals surface area (Å²) in [7, 11) is 0. The fourth-order valence-corrected chi connectivity index (χ4v) is 2.94. The number of nitrogens with one attached hydrogen (secondary N) is 1. The molecule has 1 saturated carbocycles. The third-order valence-electron chi connectivity index (χ3n) is 3.98. The molecule has 2 aliphatic rings. The van der Waals surface area contributed by atoms with Crippen LogP contribution in [0.15, 0.2) is 4.52 Å². The minimum Gasteiger partial charge on any atom is -0.339 e. The summed E-state index contributed by atoms with van der Waals surface area (Å²) in [5.41, 5.74) is 0. The summed E-state index contributed by atoms with van der Waals surface area (Å²) < 4.78 is 5.11. The monoisotopic (exact) mass is 250 g/mol. The molecular weight excluding hydrogens is 228 g/mol. The van der Waals surface area contributed by atoms with E-state index in [1.165, 1.54) is 25.8 Å². The first kappa shape index (κ1) is 12.1. The number of aryl methyl sites for hydroxylation is 1. The summed E-state index contributed by atoms with van der Waals surface area (Å²) in [4.78, 5) is 6.88. The molecule has 5 nitrogen and oxygen atoms in total. The standard InChI is InChI=1S/C13H22N4O/c1-9-7-11(8-17(9)12-3-4-12)14-6-5-13-15-10(2)16-18-13/h9,11-12,14H,3-8H2,1-2H3. The molecule has 0 aromatic carbocycles. The Morgan fingerprint density at radius 1 is 1.44 bits per heavy atom. The van der Waals surface area contributed by atoms with Crippen LogP contribution >= 0.6 is 0 Å². The first-order valence-corrected chi connectivity index (χ1v) is 7.00. The van der Waals surface area contributed by atoms with E-state index in [-0.39, 0.29) is 0 Å². The number of likely N-dealkylation sites (tertiary alicyclic amines) is 1. The van der Waals surface area contributed by atoms with Gasteiger partial charge in [0, 0.05) is 37.6 Å². The van der Waals surface area contributed by atoms with E-state index in [2.05, 4.69) is 27.3 Å². The molecule has 0 amide bonds. The summed E-state index contributed by atoms with van der Waals surface area (Å²) in [5, 5.41) is 7.41. The fourth-order valence-electron chi connectivity index (χ4n) is 2.94. The van der Waals surface area contributed by atoms with Crippen molar-refractivity contribution >= 4 is 0 Å². The Bertz CT molecular complexity index is 401. The van der Waals surface area contributed by atoms with Gasteiger partial charge in [-0.25, -0.2) is 0 Å². The van der Waals surface area contributed by atoms with Crippen LogP contribution in [0.3, 0.4) is 0 Å². The summed E-state index contributed by atoms with van der Waals surface area (Å²) in [6, 6.07) is 2.25. The van der Waals surface area contributed by atoms with Crippen molar-refractivity contribution in [3.8, 4) is 0 Å². The van der Waals surface area contributed by atoms with E-state index >= 15 is 0 Å². The van der Waals surface area contributed by atoms with Gasteiger partial charge in [-0.2, -0.15) is 4.98 Å². The third-order valence-corrected chi connectivity index (χ3v) is 3.98. The SMILES string of the molecule is Cc1noc(CCNC2CC(C)N(C3CC3)C2)n1. The van der Waals surface area contributed by atoms with Gasteiger partial charge >= 0.3 is 0 Å². The van der Waals surface area contributed by atoms with Gasteiger partial charge in [-0.1, -0.05) is 5.16 Å². The van der Waals surface area contributed by atoms with Crippen LogP contribution in [0.5, 0.6) is 0 Å². The molecule has 1 aromatic heterocycles. The van der Waals surface area contributed by atoms with Crippen molar-refractivity contribution in [2.24, 2.45) is 0 Å². The lowest BCUT2D eigenvalue weighted by Gasteiger charge is -2.19. The predicted octanol–water partition coefficient (Wildman–Crippen LogP) is 1.14. The number of rotatable bonds is 5. The average Bonchev–Trinajstić information content (AvgIpc) is 3.00. The summed E-state index contributed by atoms with van der Waals surface area (Å²) in [5.74, 6) is 1.46. The number of nitrogens with zero attached hydrogens (tertiary/aromatic N) is 3. The molecule has 2 atom stereocenters. The maximum atomic E-state index is 5.11. The second-order valence-electron chi connectivity index (χ2n) is 5.65. The molecule has 1 N–H and O–H groups in total. The molecule has 2 fully saturated rings. The lowest BCUT2D eigenvalue weighted by Crippen LogP contribution is -2.35. The van der Waals surface area contributed by atoms with Crippen LogP contribution in [0.25, 0.3) is 0 Å². The highest BCUT2D eigenvalue weighted by molar-refractivity contribution is 4.96. The van der Waals surface area contributed by atoms with E-state index < -0.39 is 0 Å². The molecule has 2 unspecified atom stereocenters. The van der Waals surface area contributed by atoms with E-state index in [1.807, 2.05) is 6.92 Å². The number of hydrogen-bond acceptors (Lipinski definition) is 5. The summed E-state index contributed by atoms with van der Waals surface area (Å²) >= 11 is 0. The van der Waals surface area contributed by atoms with Crippen molar-refractivity contribution in [3.05, 3.63) is 11.7 Å². The zero-order chi connectivity index (χ0) is 12.5. The fraction of sp³-hybridized carbons (Fsp3) is 0.846. The second-order valence-corrected chi connectivity index (χ2v) is 5.65. The normalized spacial score (nSPS) is 29.0. The number of hydrogen-bond donors (Lipinski definition) is 1. The van der Waals surface area contributed by atoms with Crippen molar-refractivity contribution in [1.29, 1.82) is 0 Å². The lowest BCUT2D eigenvalue weighted by molar-refractivity contribution is 0.255. The highest BCUT2D eigenvalue weighted by Gasteiger charge is 2.38. The quantitative estimate of drug-likeness (QED) is 0.849. The van der Waals surface area contributed by atoms with Gasteiger partial charge in [0.2, 0.25) is 5.89 Å². The third kappa shape index (κ3) is 2.72. The van der Waals surface area contributed by atoms with Crippen molar-refractivity contribution in [2.45, 2.75) is 57.7 Å². The Morgan fingerprint density at radius 2 is 2.28 bits per heavy atom. The predicted molar refractivity (Wildman–Crippen MR) is 68.3 cm³/mol. The van der Waals surface area contributed by atoms with Crippen LogP contribution in [0, 0.1) is 6.92 Å². The zero-order valence-corrected chi connectivity index (χ0v) is 11.2. The topological polar surface area (TPSA) is 54.2 Å². The van der Waals surface area contributed by atoms with E-state index in [0.717, 1.165) is 36.8 Å². The average molecular weight is 250 g/mol. The Morgan fingerprint density at radius 3 is 2.94 bits per heavy atom. The van der Waals surface area contributed by atoms with Crippen LogP contribution in [0.4, 0.5) is 0 Å². The molecule has 1 saturated heterocycles. The van der Waals surface area contributed by atoms with Gasteiger partial charge < -0.3 is 9.84 Å². The minimum atomic E-state index is 0.629. The van der Waals surface area contributed by atoms with E-state index in [9.17, 15) is 0 Å². The van der Waals surface area contributed by atoms with Gasteiger partial charge in [-0.3, -0.25) is 4.90 Å². The first-order chi connectivity index (χ1) is 8.72. The van der Waals surface area contributed by atoms with Gasteiger partial charge in [-0.05, 0) is 33.1 Å². The van der Waals surface area contributed by atoms with Gasteiger partial charge in [-0.15, -0.1) is 0 Å². The van der Waals surface area contributed by atoms with Gasteiger partial charge in [0.25, 0.3) is 0 Å². The Kier molecular flexibility index (Phi) is 3.35. The molecule has 5 heteroatoms. The van der Waals surface area contributed by atoms with Gasteiger partial charge in [0.15, 0.2) is 5.82 Å². The molecule has 1 aromatic rings. The molecule has 0 radical (unpaired) electrons. The molecule has 100 valence electrons. The van der Waals surface area contributed by atoms with Crippen molar-refractivity contribution in [3.63, 3.8) is 0 Å². The number of aromatic nitrogens is 2. The van der Waals surface area contributed by atoms with Crippen LogP contribution < -0.4 is 5.32 Å². The molecular formula is C13H22N4O. The molecule has 1 aliphatic heterocycles. The highest BCUT2D eigenvalue weighted by atomic mass is 16.5. The molecule has 1 aliphatic carbocycles. The molecule has 18 heavy (non-hydrogen) atoms. The van der Waals surface area contributed by atoms with E-state index in [0.29, 0.717) is 6.04 Å². The van der Waals surface area contributed by atoms with Crippen LogP contribution in [0.1, 0.15) is 37.9 Å². The maximum absolute atomic E-state index is 5.11. The van der Waals surface area contributed by atoms with Crippen LogP contribution in [0.2, 0.25) is 0 Å². The molecule has 3 rings (SSSR count). The maximum Gasteiger partial charge on any atom is 0.227 e. The first-order valence-electron chi connectivity index (χ1n) is 7.00. The van der Waals surface area contributed by atoms with Crippen molar-refractivity contribution in [2.75, 3.05) is 13.1 Å². The van der Waals surface area contributed by atoms with Gasteiger partial charge in [0.1, 0.15) is 0 Å². The summed E-state index contributed by atoms with van der Waals surface area (Å²) in [6.07, 6.45) is 4.89. The Balaban J connectivity index is 1.41. The van der Waals surface area contributed by atoms with Crippen molar-refractivity contribution < 1.29 is 4.52 Å². The van der Waals surface area contributed by atoms with Crippen LogP contribution in [-0.2, 0) is 6.42 Å². The largest absolute Gasteiger partial charge is 0.339 e. The van der Waals surface area contributed by atoms with E-state index in [1.54, 1.807) is 0 Å². The zero-order valence-electron chi connectivity index (χ0n) is 11.2. The smallest absolute Gasteiger partial charge is 0.227 e. The Hall–Kier alpha value is -0.940. The van der Waals surface area contributed by atoms with E-state index in [4.69, 9.17) is 4.52 Å².